The maximum Gasteiger partial charge on any atom is 0.0621 e. The normalized spacial score (nSPS) is 8.46. The lowest BCUT2D eigenvalue weighted by Crippen LogP contribution is -1.97. The largest absolute Gasteiger partial charge is 0.330 e. The number of nitrogens with two attached hydrogens (primary N) is 1. The summed E-state index contributed by atoms with van der Waals surface area (Å²) in [7, 11) is 0. The third kappa shape index (κ3) is 24.6. The van der Waals surface area contributed by atoms with Crippen molar-refractivity contribution in [1.29, 1.82) is 5.26 Å². The summed E-state index contributed by atoms with van der Waals surface area (Å²) in [6.45, 7) is 5.18. The lowest BCUT2D eigenvalue weighted by atomic mass is 10.2. The van der Waals surface area contributed by atoms with E-state index in [4.69, 9.17) is 11.0 Å². The summed E-state index contributed by atoms with van der Waals surface area (Å²) in [6, 6.07) is 2.09. The maximum atomic E-state index is 8.08. The maximum absolute atomic E-state index is 8.08. The van der Waals surface area contributed by atoms with E-state index in [1.165, 1.54) is 19.3 Å². The van der Waals surface area contributed by atoms with Crippen LogP contribution < -0.4 is 5.73 Å². The zero-order valence-corrected chi connectivity index (χ0v) is 9.18. The van der Waals surface area contributed by atoms with Crippen LogP contribution in [-0.2, 0) is 0 Å². The van der Waals surface area contributed by atoms with E-state index < -0.39 is 0 Å². The molecular weight excluding hydrogens is 160 g/mol. The van der Waals surface area contributed by atoms with E-state index in [1.807, 2.05) is 0 Å². The number of nitrogens with zero attached hydrogens (tertiary/aromatic N) is 1. The summed E-state index contributed by atoms with van der Waals surface area (Å²) in [5.74, 6) is 0. The first-order chi connectivity index (χ1) is 6.33. The van der Waals surface area contributed by atoms with Crippen molar-refractivity contribution >= 4 is 0 Å². The second-order valence-electron chi connectivity index (χ2n) is 3.11. The highest BCUT2D eigenvalue weighted by Gasteiger charge is 1.83. The highest BCUT2D eigenvalue weighted by molar-refractivity contribution is 4.67. The van der Waals surface area contributed by atoms with E-state index >= 15 is 0 Å². The van der Waals surface area contributed by atoms with Crippen LogP contribution in [0.5, 0.6) is 0 Å². The fraction of sp³-hybridized carbons (Fsp3) is 0.909. The quantitative estimate of drug-likeness (QED) is 0.644. The van der Waals surface area contributed by atoms with Crippen molar-refractivity contribution in [3.63, 3.8) is 0 Å². The van der Waals surface area contributed by atoms with Gasteiger partial charge in [0.1, 0.15) is 0 Å². The molecular formula is C11H24N2. The first kappa shape index (κ1) is 14.9. The van der Waals surface area contributed by atoms with Crippen molar-refractivity contribution < 1.29 is 0 Å². The molecule has 0 radical (unpaired) electrons. The smallest absolute Gasteiger partial charge is 0.0621 e. The van der Waals surface area contributed by atoms with Gasteiger partial charge in [0.25, 0.3) is 0 Å². The zero-order valence-electron chi connectivity index (χ0n) is 9.18. The fourth-order valence-electron chi connectivity index (χ4n) is 0.879. The molecule has 0 aromatic carbocycles. The van der Waals surface area contributed by atoms with Crippen LogP contribution in [-0.4, -0.2) is 6.54 Å². The summed E-state index contributed by atoms with van der Waals surface area (Å²) in [6.07, 6.45) is 7.92. The minimum Gasteiger partial charge on any atom is -0.330 e. The third-order valence-corrected chi connectivity index (χ3v) is 1.70. The molecule has 0 heterocycles. The molecule has 0 aromatic heterocycles. The molecule has 2 N–H and O–H groups in total. The Kier molecular flexibility index (Phi) is 20.1. The summed E-state index contributed by atoms with van der Waals surface area (Å²) in [5, 5.41) is 8.08. The molecule has 0 aliphatic heterocycles. The minimum atomic E-state index is 0.681. The van der Waals surface area contributed by atoms with Gasteiger partial charge >= 0.3 is 0 Å². The van der Waals surface area contributed by atoms with Crippen LogP contribution in [0.25, 0.3) is 0 Å². The zero-order chi connectivity index (χ0) is 10.4. The van der Waals surface area contributed by atoms with Crippen LogP contribution in [0.1, 0.15) is 58.8 Å². The second kappa shape index (κ2) is 17.5. The van der Waals surface area contributed by atoms with Gasteiger partial charge in [0.05, 0.1) is 6.07 Å². The standard InChI is InChI=1S/C6H12N2.C5H12/c7-5-3-1-2-4-6-8;1-3-5-4-2/h1-5,7H2;3-5H2,1-2H3. The van der Waals surface area contributed by atoms with Crippen molar-refractivity contribution in [3.05, 3.63) is 0 Å². The van der Waals surface area contributed by atoms with Gasteiger partial charge in [-0.3, -0.25) is 0 Å². The molecule has 0 saturated heterocycles. The molecule has 13 heavy (non-hydrogen) atoms. The summed E-state index contributed by atoms with van der Waals surface area (Å²) < 4.78 is 0. The van der Waals surface area contributed by atoms with E-state index in [9.17, 15) is 0 Å². The first-order valence-corrected chi connectivity index (χ1v) is 5.40. The molecule has 0 aliphatic carbocycles. The second-order valence-corrected chi connectivity index (χ2v) is 3.11. The Morgan fingerprint density at radius 3 is 1.92 bits per heavy atom. The molecule has 0 aromatic rings. The van der Waals surface area contributed by atoms with Gasteiger partial charge in [-0.2, -0.15) is 5.26 Å². The van der Waals surface area contributed by atoms with Gasteiger partial charge in [-0.1, -0.05) is 39.5 Å². The Labute approximate surface area is 83.1 Å². The topological polar surface area (TPSA) is 49.8 Å². The Morgan fingerprint density at radius 2 is 1.62 bits per heavy atom. The molecule has 0 spiro atoms. The lowest BCUT2D eigenvalue weighted by Gasteiger charge is -1.89. The fourth-order valence-corrected chi connectivity index (χ4v) is 0.879. The summed E-state index contributed by atoms with van der Waals surface area (Å²) in [5.41, 5.74) is 5.23. The molecule has 0 aliphatic rings. The monoisotopic (exact) mass is 184 g/mol. The molecule has 78 valence electrons. The molecule has 0 atom stereocenters. The van der Waals surface area contributed by atoms with E-state index in [0.29, 0.717) is 6.42 Å². The molecule has 2 heteroatoms. The van der Waals surface area contributed by atoms with E-state index in [1.54, 1.807) is 0 Å². The molecule has 0 amide bonds. The third-order valence-electron chi connectivity index (χ3n) is 1.70. The Bertz CT molecular complexity index is 103. The van der Waals surface area contributed by atoms with Gasteiger partial charge in [-0.05, 0) is 19.4 Å². The molecule has 0 bridgehead atoms. The van der Waals surface area contributed by atoms with Crippen molar-refractivity contribution in [2.45, 2.75) is 58.8 Å². The van der Waals surface area contributed by atoms with Crippen molar-refractivity contribution in [1.82, 2.24) is 0 Å². The van der Waals surface area contributed by atoms with Gasteiger partial charge < -0.3 is 5.73 Å². The van der Waals surface area contributed by atoms with Crippen LogP contribution in [0.4, 0.5) is 0 Å². The van der Waals surface area contributed by atoms with Crippen molar-refractivity contribution in [2.24, 2.45) is 5.73 Å². The molecule has 0 unspecified atom stereocenters. The molecule has 0 fully saturated rings. The Hall–Kier alpha value is -0.550. The van der Waals surface area contributed by atoms with Gasteiger partial charge in [-0.25, -0.2) is 0 Å². The number of hydrogen-bond donors (Lipinski definition) is 1. The predicted octanol–water partition coefficient (Wildman–Crippen LogP) is 3.23. The average Bonchev–Trinajstić information content (AvgIpc) is 2.15. The highest BCUT2D eigenvalue weighted by Crippen LogP contribution is 1.95. The first-order valence-electron chi connectivity index (χ1n) is 5.40. The van der Waals surface area contributed by atoms with Crippen molar-refractivity contribution in [3.8, 4) is 6.07 Å². The van der Waals surface area contributed by atoms with Crippen LogP contribution in [0, 0.1) is 11.3 Å². The summed E-state index contributed by atoms with van der Waals surface area (Å²) in [4.78, 5) is 0. The van der Waals surface area contributed by atoms with E-state index in [0.717, 1.165) is 25.8 Å². The number of hydrogen-bond acceptors (Lipinski definition) is 2. The highest BCUT2D eigenvalue weighted by atomic mass is 14.5. The van der Waals surface area contributed by atoms with E-state index in [-0.39, 0.29) is 0 Å². The van der Waals surface area contributed by atoms with Crippen molar-refractivity contribution in [2.75, 3.05) is 6.54 Å². The number of unbranched alkanes of at least 4 members (excludes halogenated alkanes) is 5. The average molecular weight is 184 g/mol. The van der Waals surface area contributed by atoms with Gasteiger partial charge in [0, 0.05) is 6.42 Å². The Balaban J connectivity index is 0. The molecule has 0 saturated carbocycles. The van der Waals surface area contributed by atoms with Gasteiger partial charge in [0.2, 0.25) is 0 Å². The minimum absolute atomic E-state index is 0.681. The van der Waals surface area contributed by atoms with Crippen LogP contribution in [0.3, 0.4) is 0 Å². The van der Waals surface area contributed by atoms with Crippen LogP contribution in [0.15, 0.2) is 0 Å². The van der Waals surface area contributed by atoms with Gasteiger partial charge in [0.15, 0.2) is 0 Å². The van der Waals surface area contributed by atoms with Gasteiger partial charge in [-0.15, -0.1) is 0 Å². The lowest BCUT2D eigenvalue weighted by molar-refractivity contribution is 0.699. The number of rotatable bonds is 6. The molecule has 0 rings (SSSR count). The summed E-state index contributed by atoms with van der Waals surface area (Å²) >= 11 is 0. The molecule has 2 nitrogen and oxygen atoms in total. The van der Waals surface area contributed by atoms with E-state index in [2.05, 4.69) is 19.9 Å². The van der Waals surface area contributed by atoms with Crippen LogP contribution in [0.2, 0.25) is 0 Å². The Morgan fingerprint density at radius 1 is 1.00 bits per heavy atom. The number of nitriles is 1. The van der Waals surface area contributed by atoms with Crippen LogP contribution >= 0.6 is 0 Å². The predicted molar refractivity (Wildman–Crippen MR) is 58.3 cm³/mol. The SMILES string of the molecule is CCCCC.N#CCCCCCN.